The van der Waals surface area contributed by atoms with Crippen LogP contribution < -0.4 is 11.1 Å². The highest BCUT2D eigenvalue weighted by Crippen LogP contribution is 2.32. The van der Waals surface area contributed by atoms with Gasteiger partial charge in [-0.1, -0.05) is 47.3 Å². The summed E-state index contributed by atoms with van der Waals surface area (Å²) in [6.07, 6.45) is 6.56. The minimum atomic E-state index is 0.587. The first-order chi connectivity index (χ1) is 9.24. The second-order valence-corrected chi connectivity index (χ2v) is 6.29. The van der Waals surface area contributed by atoms with E-state index in [2.05, 4.69) is 45.5 Å². The molecule has 100 valence electrons. The van der Waals surface area contributed by atoms with Gasteiger partial charge < -0.3 is 11.1 Å². The molecule has 0 atom stereocenters. The Bertz CT molecular complexity index is 589. The Labute approximate surface area is 122 Å². The summed E-state index contributed by atoms with van der Waals surface area (Å²) in [6, 6.07) is 11.1. The van der Waals surface area contributed by atoms with Gasteiger partial charge in [0.05, 0.1) is 11.4 Å². The average molecular weight is 319 g/mol. The van der Waals surface area contributed by atoms with Crippen molar-refractivity contribution < 1.29 is 0 Å². The predicted molar refractivity (Wildman–Crippen MR) is 86.6 cm³/mol. The van der Waals surface area contributed by atoms with Crippen molar-refractivity contribution in [3.63, 3.8) is 0 Å². The zero-order valence-corrected chi connectivity index (χ0v) is 12.5. The van der Waals surface area contributed by atoms with Crippen LogP contribution >= 0.6 is 15.9 Å². The van der Waals surface area contributed by atoms with Crippen molar-refractivity contribution in [3.05, 3.63) is 34.8 Å². The first-order valence-corrected chi connectivity index (χ1v) is 7.77. The molecule has 1 fully saturated rings. The van der Waals surface area contributed by atoms with Crippen LogP contribution in [0.4, 0.5) is 11.4 Å². The molecule has 0 spiro atoms. The van der Waals surface area contributed by atoms with Gasteiger partial charge in [-0.2, -0.15) is 0 Å². The third-order valence-corrected chi connectivity index (χ3v) is 4.48. The fourth-order valence-electron chi connectivity index (χ4n) is 2.92. The Morgan fingerprint density at radius 2 is 1.84 bits per heavy atom. The van der Waals surface area contributed by atoms with Crippen molar-refractivity contribution in [2.45, 2.75) is 38.1 Å². The number of hydrogen-bond acceptors (Lipinski definition) is 2. The van der Waals surface area contributed by atoms with Crippen LogP contribution in [-0.2, 0) is 0 Å². The summed E-state index contributed by atoms with van der Waals surface area (Å²) >= 11 is 3.50. The third kappa shape index (κ3) is 2.71. The lowest BCUT2D eigenvalue weighted by atomic mass is 9.95. The molecule has 0 bridgehead atoms. The minimum Gasteiger partial charge on any atom is -0.397 e. The fraction of sp³-hybridized carbons (Fsp3) is 0.375. The van der Waals surface area contributed by atoms with Gasteiger partial charge in [0, 0.05) is 15.9 Å². The molecule has 1 aliphatic carbocycles. The van der Waals surface area contributed by atoms with Gasteiger partial charge in [0.25, 0.3) is 0 Å². The molecule has 1 aliphatic rings. The highest BCUT2D eigenvalue weighted by atomic mass is 79.9. The van der Waals surface area contributed by atoms with Crippen LogP contribution in [0.2, 0.25) is 0 Å². The number of nitrogens with two attached hydrogens (primary N) is 1. The van der Waals surface area contributed by atoms with E-state index in [0.29, 0.717) is 6.04 Å². The number of anilines is 2. The molecule has 0 amide bonds. The number of hydrogen-bond donors (Lipinski definition) is 2. The van der Waals surface area contributed by atoms with Gasteiger partial charge in [-0.05, 0) is 36.4 Å². The lowest BCUT2D eigenvalue weighted by Gasteiger charge is -2.25. The van der Waals surface area contributed by atoms with Crippen LogP contribution in [0.25, 0.3) is 10.8 Å². The molecule has 3 rings (SSSR count). The SMILES string of the molecule is Nc1c(NC2CCCCC2)ccc2cc(Br)ccc12. The maximum absolute atomic E-state index is 6.31. The second kappa shape index (κ2) is 5.41. The normalized spacial score (nSPS) is 16.7. The fourth-order valence-corrected chi connectivity index (χ4v) is 3.30. The number of benzene rings is 2. The zero-order valence-electron chi connectivity index (χ0n) is 11.0. The summed E-state index contributed by atoms with van der Waals surface area (Å²) in [6.45, 7) is 0. The van der Waals surface area contributed by atoms with E-state index in [1.807, 2.05) is 6.07 Å². The predicted octanol–water partition coefficient (Wildman–Crippen LogP) is 4.93. The van der Waals surface area contributed by atoms with E-state index in [9.17, 15) is 0 Å². The van der Waals surface area contributed by atoms with Crippen LogP contribution in [0.1, 0.15) is 32.1 Å². The van der Waals surface area contributed by atoms with Crippen LogP contribution in [0, 0.1) is 0 Å². The Morgan fingerprint density at radius 3 is 2.63 bits per heavy atom. The molecule has 2 nitrogen and oxygen atoms in total. The van der Waals surface area contributed by atoms with E-state index in [4.69, 9.17) is 5.73 Å². The van der Waals surface area contributed by atoms with Crippen LogP contribution in [-0.4, -0.2) is 6.04 Å². The first kappa shape index (κ1) is 12.8. The van der Waals surface area contributed by atoms with Gasteiger partial charge in [0.15, 0.2) is 0 Å². The van der Waals surface area contributed by atoms with E-state index < -0.39 is 0 Å². The van der Waals surface area contributed by atoms with E-state index in [1.54, 1.807) is 0 Å². The molecular formula is C16H19BrN2. The van der Waals surface area contributed by atoms with Gasteiger partial charge >= 0.3 is 0 Å². The van der Waals surface area contributed by atoms with Crippen LogP contribution in [0.3, 0.4) is 0 Å². The van der Waals surface area contributed by atoms with Crippen molar-refractivity contribution in [3.8, 4) is 0 Å². The van der Waals surface area contributed by atoms with Gasteiger partial charge in [0.2, 0.25) is 0 Å². The summed E-state index contributed by atoms with van der Waals surface area (Å²) in [5.74, 6) is 0. The molecule has 0 radical (unpaired) electrons. The van der Waals surface area contributed by atoms with Gasteiger partial charge in [-0.25, -0.2) is 0 Å². The summed E-state index contributed by atoms with van der Waals surface area (Å²) in [5, 5.41) is 5.93. The molecule has 0 aliphatic heterocycles. The van der Waals surface area contributed by atoms with E-state index in [0.717, 1.165) is 21.2 Å². The molecule has 3 heteroatoms. The Morgan fingerprint density at radius 1 is 1.05 bits per heavy atom. The van der Waals surface area contributed by atoms with Crippen LogP contribution in [0.5, 0.6) is 0 Å². The molecule has 19 heavy (non-hydrogen) atoms. The van der Waals surface area contributed by atoms with Gasteiger partial charge in [-0.3, -0.25) is 0 Å². The standard InChI is InChI=1S/C16H19BrN2/c17-12-7-8-14-11(10-12)6-9-15(16(14)18)19-13-4-2-1-3-5-13/h6-10,13,19H,1-5,18H2. The van der Waals surface area contributed by atoms with Gasteiger partial charge in [-0.15, -0.1) is 0 Å². The average Bonchev–Trinajstić information content (AvgIpc) is 2.43. The zero-order chi connectivity index (χ0) is 13.2. The summed E-state index contributed by atoms with van der Waals surface area (Å²) in [5.41, 5.74) is 8.26. The quantitative estimate of drug-likeness (QED) is 0.770. The first-order valence-electron chi connectivity index (χ1n) is 6.98. The Hall–Kier alpha value is -1.22. The Kier molecular flexibility index (Phi) is 3.65. The maximum Gasteiger partial charge on any atom is 0.0629 e. The van der Waals surface area contributed by atoms with E-state index in [1.165, 1.54) is 37.5 Å². The maximum atomic E-state index is 6.31. The number of nitrogen functional groups attached to an aromatic ring is 1. The van der Waals surface area contributed by atoms with Crippen molar-refractivity contribution in [2.75, 3.05) is 11.1 Å². The number of halogens is 1. The number of rotatable bonds is 2. The Balaban J connectivity index is 1.91. The number of nitrogens with one attached hydrogen (secondary N) is 1. The third-order valence-electron chi connectivity index (χ3n) is 3.99. The van der Waals surface area contributed by atoms with Gasteiger partial charge in [0.1, 0.15) is 0 Å². The summed E-state index contributed by atoms with van der Waals surface area (Å²) < 4.78 is 1.09. The molecule has 1 saturated carbocycles. The van der Waals surface area contributed by atoms with Crippen molar-refractivity contribution in [1.82, 2.24) is 0 Å². The highest BCUT2D eigenvalue weighted by Gasteiger charge is 2.14. The van der Waals surface area contributed by atoms with Crippen molar-refractivity contribution in [1.29, 1.82) is 0 Å². The largest absolute Gasteiger partial charge is 0.397 e. The lowest BCUT2D eigenvalue weighted by Crippen LogP contribution is -2.22. The van der Waals surface area contributed by atoms with Crippen molar-refractivity contribution in [2.24, 2.45) is 0 Å². The second-order valence-electron chi connectivity index (χ2n) is 5.37. The van der Waals surface area contributed by atoms with Crippen molar-refractivity contribution >= 4 is 38.1 Å². The molecule has 0 heterocycles. The smallest absolute Gasteiger partial charge is 0.0629 e. The molecule has 2 aromatic carbocycles. The lowest BCUT2D eigenvalue weighted by molar-refractivity contribution is 0.463. The molecule has 3 N–H and O–H groups in total. The topological polar surface area (TPSA) is 38.0 Å². The van der Waals surface area contributed by atoms with Crippen LogP contribution in [0.15, 0.2) is 34.8 Å². The monoisotopic (exact) mass is 318 g/mol. The highest BCUT2D eigenvalue weighted by molar-refractivity contribution is 9.10. The number of fused-ring (bicyclic) bond motifs is 1. The molecular weight excluding hydrogens is 300 g/mol. The summed E-state index contributed by atoms with van der Waals surface area (Å²) in [7, 11) is 0. The van der Waals surface area contributed by atoms with E-state index in [-0.39, 0.29) is 0 Å². The molecule has 2 aromatic rings. The molecule has 0 unspecified atom stereocenters. The molecule has 0 aromatic heterocycles. The van der Waals surface area contributed by atoms with E-state index >= 15 is 0 Å². The minimum absolute atomic E-state index is 0.587. The summed E-state index contributed by atoms with van der Waals surface area (Å²) in [4.78, 5) is 0. The molecule has 0 saturated heterocycles.